The lowest BCUT2D eigenvalue weighted by molar-refractivity contribution is -0.141. The van der Waals surface area contributed by atoms with Gasteiger partial charge in [-0.25, -0.2) is 4.79 Å². The Balaban J connectivity index is 4.14. The van der Waals surface area contributed by atoms with Crippen LogP contribution in [0.25, 0.3) is 0 Å². The zero-order chi connectivity index (χ0) is 9.72. The first-order valence-corrected chi connectivity index (χ1v) is 3.86. The number of carbonyl (C=O) groups is 1. The van der Waals surface area contributed by atoms with Gasteiger partial charge in [-0.1, -0.05) is 13.8 Å². The molecule has 12 heavy (non-hydrogen) atoms. The van der Waals surface area contributed by atoms with E-state index >= 15 is 0 Å². The van der Waals surface area contributed by atoms with Crippen molar-refractivity contribution in [2.75, 3.05) is 6.54 Å². The molecule has 0 aliphatic carbocycles. The number of nitrogens with zero attached hydrogens (tertiary/aromatic N) is 1. The third-order valence-corrected chi connectivity index (χ3v) is 1.50. The molecule has 0 saturated heterocycles. The Morgan fingerprint density at radius 2 is 2.00 bits per heavy atom. The number of carboxylic acids is 1. The van der Waals surface area contributed by atoms with E-state index in [1.807, 2.05) is 13.8 Å². The minimum absolute atomic E-state index is 0.258. The van der Waals surface area contributed by atoms with E-state index in [0.29, 0.717) is 6.54 Å². The Morgan fingerprint density at radius 1 is 1.50 bits per heavy atom. The minimum Gasteiger partial charge on any atom is -0.480 e. The molecule has 0 fully saturated rings. The second kappa shape index (κ2) is 4.74. The van der Waals surface area contributed by atoms with Crippen LogP contribution in [-0.2, 0) is 9.59 Å². The summed E-state index contributed by atoms with van der Waals surface area (Å²) in [4.78, 5) is 21.9. The fraction of sp³-hybridized carbons (Fsp3) is 0.750. The van der Waals surface area contributed by atoms with Gasteiger partial charge in [-0.15, -0.1) is 0 Å². The van der Waals surface area contributed by atoms with Crippen molar-refractivity contribution in [3.63, 3.8) is 0 Å². The molecule has 0 saturated carbocycles. The van der Waals surface area contributed by atoms with E-state index in [1.54, 1.807) is 6.41 Å². The van der Waals surface area contributed by atoms with Crippen LogP contribution < -0.4 is 0 Å². The molecule has 1 amide bonds. The number of carbonyl (C=O) groups excluding carboxylic acids is 1. The first-order chi connectivity index (χ1) is 5.49. The largest absolute Gasteiger partial charge is 0.480 e. The molecule has 0 rings (SSSR count). The van der Waals surface area contributed by atoms with Crippen LogP contribution in [0.4, 0.5) is 0 Å². The molecule has 0 aliphatic rings. The topological polar surface area (TPSA) is 57.6 Å². The van der Waals surface area contributed by atoms with E-state index in [0.717, 1.165) is 4.90 Å². The van der Waals surface area contributed by atoms with Gasteiger partial charge in [-0.3, -0.25) is 4.79 Å². The number of rotatable bonds is 5. The van der Waals surface area contributed by atoms with Gasteiger partial charge in [0.2, 0.25) is 0 Å². The van der Waals surface area contributed by atoms with Crippen LogP contribution >= 0.6 is 0 Å². The summed E-state index contributed by atoms with van der Waals surface area (Å²) >= 11 is 0. The standard InChI is InChI=1S/C8H14NO3/c1-6(2)4-9(5-10)7(3)8(11)12/h6-7H,4H2,1-3H3,(H,11,12). The maximum Gasteiger partial charge on any atom is 0.326 e. The van der Waals surface area contributed by atoms with E-state index < -0.39 is 12.0 Å². The average Bonchev–Trinajstić information content (AvgIpc) is 1.98. The van der Waals surface area contributed by atoms with E-state index in [4.69, 9.17) is 5.11 Å². The molecule has 0 aromatic heterocycles. The monoisotopic (exact) mass is 172 g/mol. The highest BCUT2D eigenvalue weighted by atomic mass is 16.4. The molecule has 0 spiro atoms. The molecular weight excluding hydrogens is 158 g/mol. The Kier molecular flexibility index (Phi) is 4.33. The van der Waals surface area contributed by atoms with Crippen LogP contribution in [0.2, 0.25) is 0 Å². The van der Waals surface area contributed by atoms with Crippen LogP contribution in [0.1, 0.15) is 20.8 Å². The van der Waals surface area contributed by atoms with Crippen LogP contribution in [0.15, 0.2) is 0 Å². The summed E-state index contributed by atoms with van der Waals surface area (Å²) in [5.74, 6) is -0.743. The summed E-state index contributed by atoms with van der Waals surface area (Å²) in [5.41, 5.74) is 0. The van der Waals surface area contributed by atoms with Crippen molar-refractivity contribution in [1.29, 1.82) is 0 Å². The smallest absolute Gasteiger partial charge is 0.326 e. The molecule has 4 heteroatoms. The van der Waals surface area contributed by atoms with Crippen LogP contribution in [0.3, 0.4) is 0 Å². The van der Waals surface area contributed by atoms with Crippen LogP contribution in [0, 0.1) is 5.92 Å². The molecule has 0 aliphatic heterocycles. The second-order valence-electron chi connectivity index (χ2n) is 3.15. The van der Waals surface area contributed by atoms with Gasteiger partial charge < -0.3 is 10.0 Å². The van der Waals surface area contributed by atoms with Crippen molar-refractivity contribution in [2.45, 2.75) is 26.8 Å². The zero-order valence-electron chi connectivity index (χ0n) is 7.57. The van der Waals surface area contributed by atoms with Gasteiger partial charge in [0.15, 0.2) is 0 Å². The van der Waals surface area contributed by atoms with E-state index in [1.165, 1.54) is 6.92 Å². The third-order valence-electron chi connectivity index (χ3n) is 1.50. The molecule has 0 heterocycles. The first kappa shape index (κ1) is 10.9. The normalized spacial score (nSPS) is 12.7. The number of carboxylic acid groups (broad SMARTS) is 1. The Hall–Kier alpha value is -1.06. The lowest BCUT2D eigenvalue weighted by Gasteiger charge is -2.22. The fourth-order valence-corrected chi connectivity index (χ4v) is 0.801. The summed E-state index contributed by atoms with van der Waals surface area (Å²) in [5, 5.41) is 8.58. The molecule has 1 N–H and O–H groups in total. The molecule has 0 aromatic carbocycles. The zero-order valence-corrected chi connectivity index (χ0v) is 7.57. The van der Waals surface area contributed by atoms with Crippen molar-refractivity contribution in [2.24, 2.45) is 5.92 Å². The molecule has 1 radical (unpaired) electrons. The fourth-order valence-electron chi connectivity index (χ4n) is 0.801. The first-order valence-electron chi connectivity index (χ1n) is 3.86. The summed E-state index contributed by atoms with van der Waals surface area (Å²) in [6.45, 7) is 5.73. The minimum atomic E-state index is -1.00. The summed E-state index contributed by atoms with van der Waals surface area (Å²) < 4.78 is 0. The van der Waals surface area contributed by atoms with Gasteiger partial charge in [-0.05, 0) is 12.8 Å². The van der Waals surface area contributed by atoms with Gasteiger partial charge in [0, 0.05) is 6.54 Å². The van der Waals surface area contributed by atoms with E-state index in [9.17, 15) is 9.59 Å². The van der Waals surface area contributed by atoms with Gasteiger partial charge in [0.05, 0.1) is 0 Å². The molecule has 4 nitrogen and oxygen atoms in total. The van der Waals surface area contributed by atoms with Gasteiger partial charge >= 0.3 is 12.4 Å². The molecule has 69 valence electrons. The SMILES string of the molecule is CC(C)CN([C]=O)C(C)C(=O)O. The molecule has 1 unspecified atom stereocenters. The van der Waals surface area contributed by atoms with Crippen molar-refractivity contribution in [3.05, 3.63) is 0 Å². The highest BCUT2D eigenvalue weighted by Crippen LogP contribution is 2.01. The maximum atomic E-state index is 10.5. The van der Waals surface area contributed by atoms with Crippen molar-refractivity contribution in [1.82, 2.24) is 4.90 Å². The van der Waals surface area contributed by atoms with E-state index in [-0.39, 0.29) is 5.92 Å². The van der Waals surface area contributed by atoms with Crippen LogP contribution in [-0.4, -0.2) is 35.0 Å². The summed E-state index contributed by atoms with van der Waals surface area (Å²) in [7, 11) is 0. The second-order valence-corrected chi connectivity index (χ2v) is 3.15. The Labute approximate surface area is 72.2 Å². The highest BCUT2D eigenvalue weighted by Gasteiger charge is 2.19. The van der Waals surface area contributed by atoms with Crippen molar-refractivity contribution < 1.29 is 14.7 Å². The van der Waals surface area contributed by atoms with Crippen molar-refractivity contribution in [3.8, 4) is 0 Å². The highest BCUT2D eigenvalue weighted by molar-refractivity contribution is 5.75. The van der Waals surface area contributed by atoms with E-state index in [2.05, 4.69) is 0 Å². The van der Waals surface area contributed by atoms with Crippen LogP contribution in [0.5, 0.6) is 0 Å². The quantitative estimate of drug-likeness (QED) is 0.614. The lowest BCUT2D eigenvalue weighted by Crippen LogP contribution is -2.40. The Morgan fingerprint density at radius 3 is 2.25 bits per heavy atom. The molecule has 0 bridgehead atoms. The molecule has 0 aromatic rings. The Bertz CT molecular complexity index is 168. The predicted octanol–water partition coefficient (Wildman–Crippen LogP) is 0.485. The maximum absolute atomic E-state index is 10.5. The number of hydrogen-bond donors (Lipinski definition) is 1. The number of amides is 1. The van der Waals surface area contributed by atoms with Gasteiger partial charge in [0.25, 0.3) is 0 Å². The third kappa shape index (κ3) is 3.37. The lowest BCUT2D eigenvalue weighted by atomic mass is 10.2. The van der Waals surface area contributed by atoms with Crippen molar-refractivity contribution >= 4 is 12.4 Å². The molecular formula is C8H14NO3. The predicted molar refractivity (Wildman–Crippen MR) is 44.3 cm³/mol. The summed E-state index contributed by atoms with van der Waals surface area (Å²) in [6, 6.07) is -0.787. The molecule has 1 atom stereocenters. The van der Waals surface area contributed by atoms with Gasteiger partial charge in [0.1, 0.15) is 6.04 Å². The average molecular weight is 172 g/mol. The summed E-state index contributed by atoms with van der Waals surface area (Å²) in [6.07, 6.45) is 1.62. The number of aliphatic carboxylic acids is 1. The van der Waals surface area contributed by atoms with Gasteiger partial charge in [-0.2, -0.15) is 0 Å². The number of hydrogen-bond acceptors (Lipinski definition) is 2.